The van der Waals surface area contributed by atoms with E-state index in [1.54, 1.807) is 4.68 Å². The zero-order valence-electron chi connectivity index (χ0n) is 10.7. The Morgan fingerprint density at radius 3 is 2.76 bits per heavy atom. The van der Waals surface area contributed by atoms with Crippen molar-refractivity contribution >= 4 is 5.78 Å². The molecule has 0 radical (unpaired) electrons. The van der Waals surface area contributed by atoms with Crippen molar-refractivity contribution in [2.24, 2.45) is 0 Å². The van der Waals surface area contributed by atoms with Crippen molar-refractivity contribution in [2.75, 3.05) is 27.7 Å². The fraction of sp³-hybridized carbons (Fsp3) is 0.636. The van der Waals surface area contributed by atoms with Gasteiger partial charge in [0.25, 0.3) is 0 Å². The molecule has 1 atom stereocenters. The molecule has 6 heteroatoms. The van der Waals surface area contributed by atoms with Crippen molar-refractivity contribution in [1.82, 2.24) is 14.7 Å². The van der Waals surface area contributed by atoms with Gasteiger partial charge in [-0.15, -0.1) is 0 Å². The second kappa shape index (κ2) is 5.79. The number of ketones is 1. The molecule has 0 aromatic carbocycles. The van der Waals surface area contributed by atoms with Crippen LogP contribution in [0.5, 0.6) is 5.75 Å². The molecular formula is C11H19N3O3. The summed E-state index contributed by atoms with van der Waals surface area (Å²) in [6.07, 6.45) is 0.435. The monoisotopic (exact) mass is 241 g/mol. The first kappa shape index (κ1) is 13.7. The van der Waals surface area contributed by atoms with Crippen molar-refractivity contribution in [3.63, 3.8) is 0 Å². The molecule has 0 fully saturated rings. The fourth-order valence-electron chi connectivity index (χ4n) is 1.43. The molecule has 96 valence electrons. The molecule has 0 aliphatic carbocycles. The van der Waals surface area contributed by atoms with Crippen molar-refractivity contribution in [3.05, 3.63) is 11.9 Å². The number of aliphatic hydroxyl groups is 1. The van der Waals surface area contributed by atoms with E-state index in [0.717, 1.165) is 6.54 Å². The van der Waals surface area contributed by atoms with Gasteiger partial charge < -0.3 is 14.7 Å². The van der Waals surface area contributed by atoms with E-state index in [-0.39, 0.29) is 5.78 Å². The van der Waals surface area contributed by atoms with Crippen LogP contribution in [0.1, 0.15) is 17.4 Å². The molecule has 17 heavy (non-hydrogen) atoms. The van der Waals surface area contributed by atoms with E-state index >= 15 is 0 Å². The number of aromatic nitrogens is 2. The van der Waals surface area contributed by atoms with E-state index in [0.29, 0.717) is 18.0 Å². The van der Waals surface area contributed by atoms with E-state index < -0.39 is 6.10 Å². The molecule has 1 aromatic rings. The van der Waals surface area contributed by atoms with E-state index in [2.05, 4.69) is 5.10 Å². The number of carbonyl (C=O) groups is 1. The smallest absolute Gasteiger partial charge is 0.212 e. The summed E-state index contributed by atoms with van der Waals surface area (Å²) >= 11 is 0. The van der Waals surface area contributed by atoms with Gasteiger partial charge in [0, 0.05) is 6.54 Å². The average Bonchev–Trinajstić information content (AvgIpc) is 2.67. The molecule has 0 aliphatic heterocycles. The van der Waals surface area contributed by atoms with E-state index in [4.69, 9.17) is 4.74 Å². The molecule has 0 spiro atoms. The average molecular weight is 241 g/mol. The Morgan fingerprint density at radius 1 is 1.65 bits per heavy atom. The number of nitrogens with zero attached hydrogens (tertiary/aromatic N) is 3. The minimum absolute atomic E-state index is 0.323. The van der Waals surface area contributed by atoms with Crippen LogP contribution in [0.3, 0.4) is 0 Å². The van der Waals surface area contributed by atoms with Crippen LogP contribution >= 0.6 is 0 Å². The van der Waals surface area contributed by atoms with Crippen LogP contribution in [0, 0.1) is 0 Å². The number of Topliss-reactive ketones (excluding diaryl/α,β-unsaturated/α-hetero) is 1. The molecule has 0 aliphatic rings. The quantitative estimate of drug-likeness (QED) is 0.711. The summed E-state index contributed by atoms with van der Waals surface area (Å²) in [6.45, 7) is 2.76. The maximum absolute atomic E-state index is 11.8. The van der Waals surface area contributed by atoms with Gasteiger partial charge in [-0.2, -0.15) is 5.10 Å². The zero-order chi connectivity index (χ0) is 13.0. The van der Waals surface area contributed by atoms with E-state index in [1.165, 1.54) is 20.2 Å². The van der Waals surface area contributed by atoms with Crippen LogP contribution in [0.15, 0.2) is 6.20 Å². The maximum Gasteiger partial charge on any atom is 0.212 e. The van der Waals surface area contributed by atoms with E-state index in [9.17, 15) is 9.90 Å². The topological polar surface area (TPSA) is 67.6 Å². The Kier molecular flexibility index (Phi) is 4.65. The first-order valence-corrected chi connectivity index (χ1v) is 5.44. The molecule has 0 bridgehead atoms. The number of ether oxygens (including phenoxy) is 1. The third kappa shape index (κ3) is 3.28. The highest BCUT2D eigenvalue weighted by Gasteiger charge is 2.22. The molecule has 0 saturated heterocycles. The molecule has 1 aromatic heterocycles. The third-order valence-electron chi connectivity index (χ3n) is 2.40. The largest absolute Gasteiger partial charge is 0.493 e. The van der Waals surface area contributed by atoms with Crippen molar-refractivity contribution in [3.8, 4) is 5.75 Å². The molecular weight excluding hydrogens is 222 g/mol. The van der Waals surface area contributed by atoms with Crippen molar-refractivity contribution in [1.29, 1.82) is 0 Å². The molecule has 0 amide bonds. The van der Waals surface area contributed by atoms with Crippen LogP contribution in [0.4, 0.5) is 0 Å². The lowest BCUT2D eigenvalue weighted by molar-refractivity contribution is 0.0763. The van der Waals surface area contributed by atoms with Crippen molar-refractivity contribution < 1.29 is 14.6 Å². The Morgan fingerprint density at radius 2 is 2.29 bits per heavy atom. The van der Waals surface area contributed by atoms with Gasteiger partial charge in [0.05, 0.1) is 19.9 Å². The normalized spacial score (nSPS) is 12.8. The molecule has 1 unspecified atom stereocenters. The van der Waals surface area contributed by atoms with Gasteiger partial charge in [-0.3, -0.25) is 9.48 Å². The standard InChI is InChI=1S/C11H19N3O3/c1-8(15)11(16)10-9(17-4)7-12-14(10)6-5-13(2)3/h7-8,15H,5-6H2,1-4H3. The lowest BCUT2D eigenvalue weighted by Crippen LogP contribution is -2.25. The first-order chi connectivity index (χ1) is 7.97. The minimum atomic E-state index is -1.06. The second-order valence-electron chi connectivity index (χ2n) is 4.13. The molecule has 1 N–H and O–H groups in total. The van der Waals surface area contributed by atoms with Gasteiger partial charge in [0.2, 0.25) is 5.78 Å². The SMILES string of the molecule is COc1cnn(CCN(C)C)c1C(=O)C(C)O. The summed E-state index contributed by atoms with van der Waals surface area (Å²) in [7, 11) is 5.36. The van der Waals surface area contributed by atoms with Crippen molar-refractivity contribution in [2.45, 2.75) is 19.6 Å². The maximum atomic E-state index is 11.8. The lowest BCUT2D eigenvalue weighted by atomic mass is 10.2. The van der Waals surface area contributed by atoms with Crippen LogP contribution in [-0.2, 0) is 6.54 Å². The summed E-state index contributed by atoms with van der Waals surface area (Å²) in [5.74, 6) is 0.0211. The Bertz CT molecular complexity index is 385. The van der Waals surface area contributed by atoms with Crippen LogP contribution in [0.25, 0.3) is 0 Å². The summed E-state index contributed by atoms with van der Waals surface area (Å²) in [6, 6.07) is 0. The number of hydrogen-bond donors (Lipinski definition) is 1. The Hall–Kier alpha value is -1.40. The van der Waals surface area contributed by atoms with Gasteiger partial charge in [-0.1, -0.05) is 0 Å². The number of rotatable bonds is 6. The number of hydrogen-bond acceptors (Lipinski definition) is 5. The van der Waals surface area contributed by atoms with Gasteiger partial charge >= 0.3 is 0 Å². The number of likely N-dealkylation sites (N-methyl/N-ethyl adjacent to an activating group) is 1. The summed E-state index contributed by atoms with van der Waals surface area (Å²) in [4.78, 5) is 13.8. The third-order valence-corrected chi connectivity index (χ3v) is 2.40. The zero-order valence-corrected chi connectivity index (χ0v) is 10.7. The summed E-state index contributed by atoms with van der Waals surface area (Å²) < 4.78 is 6.64. The second-order valence-corrected chi connectivity index (χ2v) is 4.13. The van der Waals surface area contributed by atoms with E-state index in [1.807, 2.05) is 19.0 Å². The predicted molar refractivity (Wildman–Crippen MR) is 63.3 cm³/mol. The van der Waals surface area contributed by atoms with Crippen LogP contribution in [-0.4, -0.2) is 59.4 Å². The highest BCUT2D eigenvalue weighted by Crippen LogP contribution is 2.19. The number of methoxy groups -OCH3 is 1. The highest BCUT2D eigenvalue weighted by molar-refractivity contribution is 5.99. The van der Waals surface area contributed by atoms with Gasteiger partial charge in [-0.25, -0.2) is 0 Å². The first-order valence-electron chi connectivity index (χ1n) is 5.44. The molecule has 0 saturated carbocycles. The lowest BCUT2D eigenvalue weighted by Gasteiger charge is -2.12. The van der Waals surface area contributed by atoms with Gasteiger partial charge in [-0.05, 0) is 21.0 Å². The fourth-order valence-corrected chi connectivity index (χ4v) is 1.43. The highest BCUT2D eigenvalue weighted by atomic mass is 16.5. The summed E-state index contributed by atoms with van der Waals surface area (Å²) in [5.41, 5.74) is 0.323. The Balaban J connectivity index is 2.97. The van der Waals surface area contributed by atoms with Gasteiger partial charge in [0.15, 0.2) is 5.75 Å². The molecule has 6 nitrogen and oxygen atoms in total. The number of carbonyl (C=O) groups excluding carboxylic acids is 1. The van der Waals surface area contributed by atoms with Gasteiger partial charge in [0.1, 0.15) is 11.8 Å². The predicted octanol–water partition coefficient (Wildman–Crippen LogP) is 0.0168. The van der Waals surface area contributed by atoms with Crippen LogP contribution in [0.2, 0.25) is 0 Å². The molecule has 1 heterocycles. The number of aliphatic hydroxyl groups excluding tert-OH is 1. The Labute approximate surface area is 101 Å². The minimum Gasteiger partial charge on any atom is -0.493 e. The van der Waals surface area contributed by atoms with Crippen LogP contribution < -0.4 is 4.74 Å². The molecule has 1 rings (SSSR count). The summed E-state index contributed by atoms with van der Waals surface area (Å²) in [5, 5.41) is 13.5.